The maximum atomic E-state index is 13.4. The van der Waals surface area contributed by atoms with Crippen molar-refractivity contribution in [1.82, 2.24) is 10.2 Å². The molecule has 1 fully saturated rings. The van der Waals surface area contributed by atoms with E-state index in [1.165, 1.54) is 6.07 Å². The lowest BCUT2D eigenvalue weighted by atomic mass is 10.1. The number of hydrogen-bond donors (Lipinski definition) is 1. The van der Waals surface area contributed by atoms with Gasteiger partial charge >= 0.3 is 0 Å². The van der Waals surface area contributed by atoms with Crippen LogP contribution in [0.4, 0.5) is 4.39 Å². The largest absolute Gasteiger partial charge is 0.374 e. The van der Waals surface area contributed by atoms with Crippen molar-refractivity contribution in [2.24, 2.45) is 0 Å². The molecule has 1 atom stereocenters. The third kappa shape index (κ3) is 4.29. The van der Waals surface area contributed by atoms with Crippen molar-refractivity contribution >= 4 is 5.91 Å². The second kappa shape index (κ2) is 6.63. The first-order valence-electron chi connectivity index (χ1n) is 6.45. The molecule has 0 bridgehead atoms. The van der Waals surface area contributed by atoms with Gasteiger partial charge in [0.15, 0.2) is 0 Å². The molecule has 4 nitrogen and oxygen atoms in total. The molecule has 1 saturated heterocycles. The lowest BCUT2D eigenvalue weighted by Crippen LogP contribution is -2.46. The summed E-state index contributed by atoms with van der Waals surface area (Å²) in [5, 5.41) is 2.79. The lowest BCUT2D eigenvalue weighted by Gasteiger charge is -2.30. The minimum atomic E-state index is -0.341. The molecule has 1 amide bonds. The molecule has 2 rings (SSSR count). The summed E-state index contributed by atoms with van der Waals surface area (Å²) in [6.07, 6.45) is 0.0817. The Bertz CT molecular complexity index is 439. The van der Waals surface area contributed by atoms with Crippen molar-refractivity contribution in [3.63, 3.8) is 0 Å². The molecule has 19 heavy (non-hydrogen) atoms. The standard InChI is InChI=1S/C14H19FN2O2/c1-17-6-7-19-12(10-17)9-16-14(18)8-11-4-2-3-5-13(11)15/h2-5,12H,6-10H2,1H3,(H,16,18)/t12-/m1/s1. The average molecular weight is 266 g/mol. The maximum Gasteiger partial charge on any atom is 0.224 e. The van der Waals surface area contributed by atoms with Crippen LogP contribution in [-0.2, 0) is 16.0 Å². The Labute approximate surface area is 112 Å². The fourth-order valence-electron chi connectivity index (χ4n) is 2.10. The van der Waals surface area contributed by atoms with Gasteiger partial charge in [-0.25, -0.2) is 4.39 Å². The summed E-state index contributed by atoms with van der Waals surface area (Å²) < 4.78 is 18.9. The number of carbonyl (C=O) groups excluding carboxylic acids is 1. The van der Waals surface area contributed by atoms with E-state index < -0.39 is 0 Å². The minimum absolute atomic E-state index is 0.0170. The van der Waals surface area contributed by atoms with E-state index >= 15 is 0 Å². The number of carbonyl (C=O) groups is 1. The fourth-order valence-corrected chi connectivity index (χ4v) is 2.10. The van der Waals surface area contributed by atoms with Crippen LogP contribution in [-0.4, -0.2) is 50.2 Å². The predicted octanol–water partition coefficient (Wildman–Crippen LogP) is 0.815. The molecular formula is C14H19FN2O2. The summed E-state index contributed by atoms with van der Waals surface area (Å²) in [5.74, 6) is -0.520. The Morgan fingerprint density at radius 3 is 3.05 bits per heavy atom. The normalized spacial score (nSPS) is 20.2. The highest BCUT2D eigenvalue weighted by Crippen LogP contribution is 2.07. The van der Waals surface area contributed by atoms with Crippen LogP contribution in [0.5, 0.6) is 0 Å². The Morgan fingerprint density at radius 2 is 2.32 bits per heavy atom. The van der Waals surface area contributed by atoms with E-state index in [0.29, 0.717) is 18.7 Å². The first kappa shape index (κ1) is 14.0. The monoisotopic (exact) mass is 266 g/mol. The predicted molar refractivity (Wildman–Crippen MR) is 70.4 cm³/mol. The van der Waals surface area contributed by atoms with Gasteiger partial charge in [-0.1, -0.05) is 18.2 Å². The van der Waals surface area contributed by atoms with Crippen LogP contribution in [0.25, 0.3) is 0 Å². The van der Waals surface area contributed by atoms with Gasteiger partial charge in [-0.05, 0) is 18.7 Å². The zero-order valence-corrected chi connectivity index (χ0v) is 11.1. The molecule has 0 saturated carbocycles. The van der Waals surface area contributed by atoms with E-state index in [9.17, 15) is 9.18 Å². The van der Waals surface area contributed by atoms with Crippen molar-refractivity contribution < 1.29 is 13.9 Å². The summed E-state index contributed by atoms with van der Waals surface area (Å²) in [6.45, 7) is 2.88. The average Bonchev–Trinajstić information content (AvgIpc) is 2.39. The third-order valence-electron chi connectivity index (χ3n) is 3.18. The van der Waals surface area contributed by atoms with Gasteiger partial charge in [0.2, 0.25) is 5.91 Å². The molecule has 0 spiro atoms. The maximum absolute atomic E-state index is 13.4. The number of nitrogens with one attached hydrogen (secondary N) is 1. The van der Waals surface area contributed by atoms with Crippen LogP contribution < -0.4 is 5.32 Å². The molecule has 0 aliphatic carbocycles. The second-order valence-corrected chi connectivity index (χ2v) is 4.83. The number of hydrogen-bond acceptors (Lipinski definition) is 3. The topological polar surface area (TPSA) is 41.6 Å². The Morgan fingerprint density at radius 1 is 1.53 bits per heavy atom. The van der Waals surface area contributed by atoms with E-state index in [0.717, 1.165) is 13.1 Å². The number of nitrogens with zero attached hydrogens (tertiary/aromatic N) is 1. The van der Waals surface area contributed by atoms with Gasteiger partial charge in [-0.15, -0.1) is 0 Å². The summed E-state index contributed by atoms with van der Waals surface area (Å²) in [7, 11) is 2.02. The van der Waals surface area contributed by atoms with Crippen molar-refractivity contribution in [3.8, 4) is 0 Å². The molecule has 0 radical (unpaired) electrons. The molecule has 1 aliphatic rings. The SMILES string of the molecule is CN1CCO[C@H](CNC(=O)Cc2ccccc2F)C1. The Balaban J connectivity index is 1.77. The number of ether oxygens (including phenoxy) is 1. The highest BCUT2D eigenvalue weighted by molar-refractivity contribution is 5.78. The van der Waals surface area contributed by atoms with Crippen LogP contribution in [0.1, 0.15) is 5.56 Å². The van der Waals surface area contributed by atoms with Crippen LogP contribution in [0, 0.1) is 5.82 Å². The lowest BCUT2D eigenvalue weighted by molar-refractivity contribution is -0.121. The first-order valence-corrected chi connectivity index (χ1v) is 6.45. The van der Waals surface area contributed by atoms with Crippen LogP contribution in [0.2, 0.25) is 0 Å². The second-order valence-electron chi connectivity index (χ2n) is 4.83. The quantitative estimate of drug-likeness (QED) is 0.877. The van der Waals surface area contributed by atoms with E-state index in [1.54, 1.807) is 18.2 Å². The molecule has 104 valence electrons. The number of morpholine rings is 1. The first-order chi connectivity index (χ1) is 9.15. The van der Waals surface area contributed by atoms with Crippen LogP contribution in [0.15, 0.2) is 24.3 Å². The molecule has 1 aromatic carbocycles. The minimum Gasteiger partial charge on any atom is -0.374 e. The van der Waals surface area contributed by atoms with Gasteiger partial charge < -0.3 is 15.0 Å². The van der Waals surface area contributed by atoms with E-state index in [2.05, 4.69) is 10.2 Å². The van der Waals surface area contributed by atoms with Crippen molar-refractivity contribution in [2.45, 2.75) is 12.5 Å². The van der Waals surface area contributed by atoms with Gasteiger partial charge in [0.25, 0.3) is 0 Å². The molecule has 0 unspecified atom stereocenters. The van der Waals surface area contributed by atoms with E-state index in [1.807, 2.05) is 7.05 Å². The summed E-state index contributed by atoms with van der Waals surface area (Å²) in [4.78, 5) is 13.9. The van der Waals surface area contributed by atoms with Gasteiger partial charge in [-0.2, -0.15) is 0 Å². The van der Waals surface area contributed by atoms with Gasteiger partial charge in [-0.3, -0.25) is 4.79 Å². The molecule has 5 heteroatoms. The van der Waals surface area contributed by atoms with Crippen LogP contribution >= 0.6 is 0 Å². The molecular weight excluding hydrogens is 247 g/mol. The molecule has 1 aromatic rings. The number of benzene rings is 1. The summed E-state index contributed by atoms with van der Waals surface area (Å²) in [5.41, 5.74) is 0.418. The van der Waals surface area contributed by atoms with Crippen molar-refractivity contribution in [1.29, 1.82) is 0 Å². The van der Waals surface area contributed by atoms with Crippen molar-refractivity contribution in [2.75, 3.05) is 33.3 Å². The molecule has 0 aromatic heterocycles. The number of rotatable bonds is 4. The number of halogens is 1. The van der Waals surface area contributed by atoms with Gasteiger partial charge in [0, 0.05) is 19.6 Å². The third-order valence-corrected chi connectivity index (χ3v) is 3.18. The van der Waals surface area contributed by atoms with Crippen LogP contribution in [0.3, 0.4) is 0 Å². The van der Waals surface area contributed by atoms with Crippen molar-refractivity contribution in [3.05, 3.63) is 35.6 Å². The fraction of sp³-hybridized carbons (Fsp3) is 0.500. The van der Waals surface area contributed by atoms with E-state index in [4.69, 9.17) is 4.74 Å². The summed E-state index contributed by atoms with van der Waals surface area (Å²) in [6, 6.07) is 6.33. The van der Waals surface area contributed by atoms with Gasteiger partial charge in [0.1, 0.15) is 5.82 Å². The molecule has 1 heterocycles. The highest BCUT2D eigenvalue weighted by Gasteiger charge is 2.18. The zero-order valence-electron chi connectivity index (χ0n) is 11.1. The highest BCUT2D eigenvalue weighted by atomic mass is 19.1. The van der Waals surface area contributed by atoms with Gasteiger partial charge in [0.05, 0.1) is 19.1 Å². The molecule has 1 N–H and O–H groups in total. The number of amides is 1. The summed E-state index contributed by atoms with van der Waals surface area (Å²) >= 11 is 0. The molecule has 1 aliphatic heterocycles. The van der Waals surface area contributed by atoms with E-state index in [-0.39, 0.29) is 24.2 Å². The Kier molecular flexibility index (Phi) is 4.87. The smallest absolute Gasteiger partial charge is 0.224 e. The number of likely N-dealkylation sites (N-methyl/N-ethyl adjacent to an activating group) is 1. The zero-order chi connectivity index (χ0) is 13.7. The Hall–Kier alpha value is -1.46.